The Balaban J connectivity index is 1.60. The predicted molar refractivity (Wildman–Crippen MR) is 105 cm³/mol. The average molecular weight is 482 g/mol. The summed E-state index contributed by atoms with van der Waals surface area (Å²) in [5.74, 6) is 1.18. The normalized spacial score (nSPS) is 18.9. The van der Waals surface area contributed by atoms with Crippen LogP contribution in [0.5, 0.6) is 11.5 Å². The highest BCUT2D eigenvalue weighted by Gasteiger charge is 2.25. The van der Waals surface area contributed by atoms with E-state index in [1.807, 2.05) is 36.4 Å². The number of amides is 1. The Hall–Kier alpha value is -1.77. The Morgan fingerprint density at radius 1 is 1.12 bits per heavy atom. The summed E-state index contributed by atoms with van der Waals surface area (Å²) in [5.41, 5.74) is 1.61. The van der Waals surface area contributed by atoms with Crippen molar-refractivity contribution >= 4 is 66.5 Å². The number of ether oxygens (including phenoxy) is 2. The molecule has 0 unspecified atom stereocenters. The maximum Gasteiger partial charge on any atom is 0.264 e. The van der Waals surface area contributed by atoms with Crippen LogP contribution in [0.4, 0.5) is 5.69 Å². The van der Waals surface area contributed by atoms with Crippen LogP contribution >= 0.6 is 43.6 Å². The minimum absolute atomic E-state index is 0.176. The van der Waals surface area contributed by atoms with E-state index in [0.29, 0.717) is 21.6 Å². The van der Waals surface area contributed by atoms with Crippen LogP contribution in [0, 0.1) is 0 Å². The van der Waals surface area contributed by atoms with Crippen LogP contribution in [0.15, 0.2) is 55.2 Å². The van der Waals surface area contributed by atoms with E-state index in [1.165, 1.54) is 11.8 Å². The molecular formula is C17H10Br2N2O3S. The van der Waals surface area contributed by atoms with Gasteiger partial charge in [0.25, 0.3) is 5.91 Å². The Labute approximate surface area is 164 Å². The van der Waals surface area contributed by atoms with Crippen LogP contribution in [-0.4, -0.2) is 17.9 Å². The second-order valence-corrected chi connectivity index (χ2v) is 7.99. The molecule has 4 rings (SSSR count). The van der Waals surface area contributed by atoms with E-state index in [1.54, 1.807) is 6.08 Å². The molecule has 1 amide bonds. The zero-order chi connectivity index (χ0) is 17.4. The van der Waals surface area contributed by atoms with Gasteiger partial charge in [-0.15, -0.1) is 0 Å². The first-order valence-electron chi connectivity index (χ1n) is 7.23. The van der Waals surface area contributed by atoms with Crippen molar-refractivity contribution in [3.05, 3.63) is 55.8 Å². The minimum Gasteiger partial charge on any atom is -0.454 e. The molecule has 0 aliphatic carbocycles. The van der Waals surface area contributed by atoms with Crippen molar-refractivity contribution in [2.45, 2.75) is 0 Å². The van der Waals surface area contributed by atoms with Crippen molar-refractivity contribution in [2.24, 2.45) is 4.99 Å². The number of rotatable bonds is 2. The molecule has 1 fully saturated rings. The summed E-state index contributed by atoms with van der Waals surface area (Å²) in [5, 5.41) is 3.33. The monoisotopic (exact) mass is 480 g/mol. The van der Waals surface area contributed by atoms with E-state index in [2.05, 4.69) is 42.2 Å². The number of nitrogens with zero attached hydrogens (tertiary/aromatic N) is 1. The highest BCUT2D eigenvalue weighted by Crippen LogP contribution is 2.39. The maximum atomic E-state index is 12.2. The summed E-state index contributed by atoms with van der Waals surface area (Å²) in [6.45, 7) is 0.209. The lowest BCUT2D eigenvalue weighted by molar-refractivity contribution is -0.115. The van der Waals surface area contributed by atoms with E-state index in [-0.39, 0.29) is 12.7 Å². The lowest BCUT2D eigenvalue weighted by Crippen LogP contribution is -2.19. The maximum absolute atomic E-state index is 12.2. The quantitative estimate of drug-likeness (QED) is 0.624. The number of hydrogen-bond acceptors (Lipinski definition) is 5. The fourth-order valence-electron chi connectivity index (χ4n) is 2.30. The van der Waals surface area contributed by atoms with E-state index in [9.17, 15) is 4.79 Å². The molecule has 5 nitrogen and oxygen atoms in total. The second-order valence-electron chi connectivity index (χ2n) is 5.19. The van der Waals surface area contributed by atoms with Crippen LogP contribution in [0.1, 0.15) is 5.56 Å². The summed E-state index contributed by atoms with van der Waals surface area (Å²) in [6.07, 6.45) is 1.80. The van der Waals surface area contributed by atoms with Crippen LogP contribution in [0.2, 0.25) is 0 Å². The molecule has 2 heterocycles. The fourth-order valence-corrected chi connectivity index (χ4v) is 3.83. The number of benzene rings is 2. The number of carbonyl (C=O) groups excluding carboxylic acids is 1. The first-order valence-corrected chi connectivity index (χ1v) is 9.63. The summed E-state index contributed by atoms with van der Waals surface area (Å²) in [4.78, 5) is 17.2. The first kappa shape index (κ1) is 16.7. The zero-order valence-corrected chi connectivity index (χ0v) is 16.6. The lowest BCUT2D eigenvalue weighted by atomic mass is 10.2. The lowest BCUT2D eigenvalue weighted by Gasteiger charge is -2.02. The predicted octanol–water partition coefficient (Wildman–Crippen LogP) is 4.83. The molecule has 2 aliphatic rings. The molecule has 2 aromatic carbocycles. The van der Waals surface area contributed by atoms with Gasteiger partial charge in [0.05, 0.1) is 10.6 Å². The third kappa shape index (κ3) is 3.61. The Bertz CT molecular complexity index is 926. The molecule has 0 radical (unpaired) electrons. The third-order valence-electron chi connectivity index (χ3n) is 3.49. The van der Waals surface area contributed by atoms with Gasteiger partial charge in [-0.1, -0.05) is 31.9 Å². The van der Waals surface area contributed by atoms with Crippen LogP contribution in [0.25, 0.3) is 6.08 Å². The van der Waals surface area contributed by atoms with Crippen LogP contribution in [0.3, 0.4) is 0 Å². The van der Waals surface area contributed by atoms with Gasteiger partial charge in [-0.25, -0.2) is 4.99 Å². The Kier molecular flexibility index (Phi) is 4.58. The van der Waals surface area contributed by atoms with E-state index >= 15 is 0 Å². The van der Waals surface area contributed by atoms with E-state index < -0.39 is 0 Å². The molecule has 25 heavy (non-hydrogen) atoms. The van der Waals surface area contributed by atoms with Gasteiger partial charge in [-0.05, 0) is 59.8 Å². The molecule has 0 saturated carbocycles. The number of fused-ring (bicyclic) bond motifs is 1. The fraction of sp³-hybridized carbons (Fsp3) is 0.0588. The van der Waals surface area contributed by atoms with Crippen molar-refractivity contribution < 1.29 is 14.3 Å². The van der Waals surface area contributed by atoms with Crippen LogP contribution in [-0.2, 0) is 4.79 Å². The molecule has 2 aliphatic heterocycles. The van der Waals surface area contributed by atoms with Gasteiger partial charge in [0.2, 0.25) is 6.79 Å². The Morgan fingerprint density at radius 2 is 1.84 bits per heavy atom. The molecule has 0 atom stereocenters. The highest BCUT2D eigenvalue weighted by atomic mass is 79.9. The van der Waals surface area contributed by atoms with Crippen molar-refractivity contribution in [1.82, 2.24) is 5.32 Å². The zero-order valence-electron chi connectivity index (χ0n) is 12.6. The minimum atomic E-state index is -0.176. The van der Waals surface area contributed by atoms with Gasteiger partial charge in [0.1, 0.15) is 0 Å². The standard InChI is InChI=1S/C17H10Br2N2O3S/c18-10-1-3-11(4-2-10)20-17-21-16(22)15(25-17)6-9-5-13-14(7-12(9)19)24-8-23-13/h1-7H,8H2,(H,20,21,22)/b15-6-. The largest absolute Gasteiger partial charge is 0.454 e. The molecule has 0 aromatic heterocycles. The van der Waals surface area contributed by atoms with Crippen LogP contribution < -0.4 is 14.8 Å². The number of aliphatic imine (C=N–C) groups is 1. The SMILES string of the molecule is O=C1NC(=Nc2ccc(Br)cc2)S/C1=C\c1cc2c(cc1Br)OCO2. The number of nitrogens with one attached hydrogen (secondary N) is 1. The van der Waals surface area contributed by atoms with Gasteiger partial charge in [-0.2, -0.15) is 0 Å². The molecular weight excluding hydrogens is 472 g/mol. The van der Waals surface area contributed by atoms with Crippen molar-refractivity contribution in [2.75, 3.05) is 6.79 Å². The van der Waals surface area contributed by atoms with Gasteiger partial charge in [0.15, 0.2) is 16.7 Å². The molecule has 1 N–H and O–H groups in total. The number of carbonyl (C=O) groups is 1. The number of halogens is 2. The molecule has 126 valence electrons. The van der Waals surface area contributed by atoms with Gasteiger partial charge in [0, 0.05) is 8.95 Å². The van der Waals surface area contributed by atoms with E-state index in [0.717, 1.165) is 20.2 Å². The topological polar surface area (TPSA) is 59.9 Å². The smallest absolute Gasteiger partial charge is 0.264 e. The summed E-state index contributed by atoms with van der Waals surface area (Å²) < 4.78 is 12.5. The van der Waals surface area contributed by atoms with E-state index in [4.69, 9.17) is 9.47 Å². The Morgan fingerprint density at radius 3 is 2.60 bits per heavy atom. The number of amidine groups is 1. The second kappa shape index (κ2) is 6.86. The first-order chi connectivity index (χ1) is 12.1. The average Bonchev–Trinajstić information content (AvgIpc) is 3.16. The van der Waals surface area contributed by atoms with Crippen molar-refractivity contribution in [3.8, 4) is 11.5 Å². The van der Waals surface area contributed by atoms with Gasteiger partial charge in [-0.3, -0.25) is 4.79 Å². The van der Waals surface area contributed by atoms with Crippen molar-refractivity contribution in [3.63, 3.8) is 0 Å². The number of thioether (sulfide) groups is 1. The molecule has 0 spiro atoms. The molecule has 2 aromatic rings. The molecule has 1 saturated heterocycles. The van der Waals surface area contributed by atoms with Gasteiger partial charge < -0.3 is 14.8 Å². The molecule has 0 bridgehead atoms. The third-order valence-corrected chi connectivity index (χ3v) is 5.61. The molecule has 8 heteroatoms. The van der Waals surface area contributed by atoms with Crippen molar-refractivity contribution in [1.29, 1.82) is 0 Å². The number of hydrogen-bond donors (Lipinski definition) is 1. The highest BCUT2D eigenvalue weighted by molar-refractivity contribution is 9.10. The summed E-state index contributed by atoms with van der Waals surface area (Å²) in [7, 11) is 0. The summed E-state index contributed by atoms with van der Waals surface area (Å²) >= 11 is 8.18. The summed E-state index contributed by atoms with van der Waals surface area (Å²) in [6, 6.07) is 11.2. The van der Waals surface area contributed by atoms with Gasteiger partial charge >= 0.3 is 0 Å².